The van der Waals surface area contributed by atoms with Crippen LogP contribution in [0.2, 0.25) is 0 Å². The van der Waals surface area contributed by atoms with Crippen molar-refractivity contribution < 1.29 is 4.39 Å². The molecule has 1 atom stereocenters. The summed E-state index contributed by atoms with van der Waals surface area (Å²) in [5, 5.41) is 3.34. The maximum absolute atomic E-state index is 13.0. The number of likely N-dealkylation sites (N-methyl/N-ethyl adjacent to an activating group) is 1. The Bertz CT molecular complexity index is 342. The second kappa shape index (κ2) is 6.33. The highest BCUT2D eigenvalue weighted by Crippen LogP contribution is 2.16. The zero-order valence-corrected chi connectivity index (χ0v) is 11.5. The third-order valence-corrected chi connectivity index (χ3v) is 3.24. The van der Waals surface area contributed by atoms with Crippen LogP contribution in [-0.4, -0.2) is 31.6 Å². The highest BCUT2D eigenvalue weighted by molar-refractivity contribution is 9.10. The van der Waals surface area contributed by atoms with Gasteiger partial charge in [0.25, 0.3) is 0 Å². The van der Waals surface area contributed by atoms with E-state index in [1.54, 1.807) is 6.07 Å². The molecule has 90 valence electrons. The Morgan fingerprint density at radius 1 is 1.44 bits per heavy atom. The Hall–Kier alpha value is -0.450. The normalized spacial score (nSPS) is 13.1. The van der Waals surface area contributed by atoms with Crippen LogP contribution in [0.25, 0.3) is 0 Å². The number of nitrogens with zero attached hydrogens (tertiary/aromatic N) is 1. The molecule has 0 saturated carbocycles. The van der Waals surface area contributed by atoms with Gasteiger partial charge in [-0.1, -0.05) is 6.07 Å². The molecule has 0 aliphatic carbocycles. The summed E-state index contributed by atoms with van der Waals surface area (Å²) in [5.41, 5.74) is 1.08. The van der Waals surface area contributed by atoms with E-state index in [0.717, 1.165) is 18.7 Å². The van der Waals surface area contributed by atoms with E-state index in [-0.39, 0.29) is 5.82 Å². The van der Waals surface area contributed by atoms with Crippen molar-refractivity contribution in [2.24, 2.45) is 0 Å². The predicted molar refractivity (Wildman–Crippen MR) is 69.0 cm³/mol. The van der Waals surface area contributed by atoms with Gasteiger partial charge >= 0.3 is 0 Å². The van der Waals surface area contributed by atoms with E-state index in [2.05, 4.69) is 47.2 Å². The van der Waals surface area contributed by atoms with Crippen molar-refractivity contribution in [3.8, 4) is 0 Å². The van der Waals surface area contributed by atoms with Crippen LogP contribution in [0.4, 0.5) is 4.39 Å². The molecule has 0 fully saturated rings. The van der Waals surface area contributed by atoms with Gasteiger partial charge in [0.1, 0.15) is 5.82 Å². The quantitative estimate of drug-likeness (QED) is 0.896. The van der Waals surface area contributed by atoms with Crippen molar-refractivity contribution in [2.45, 2.75) is 19.5 Å². The summed E-state index contributed by atoms with van der Waals surface area (Å²) in [6, 6.07) is 5.58. The number of benzene rings is 1. The largest absolute Gasteiger partial charge is 0.311 e. The Morgan fingerprint density at radius 3 is 2.69 bits per heavy atom. The first-order chi connectivity index (χ1) is 7.50. The van der Waals surface area contributed by atoms with Crippen LogP contribution in [0.15, 0.2) is 22.7 Å². The summed E-state index contributed by atoms with van der Waals surface area (Å²) in [7, 11) is 4.11. The van der Waals surface area contributed by atoms with Crippen molar-refractivity contribution in [2.75, 3.05) is 20.6 Å². The highest BCUT2D eigenvalue weighted by Gasteiger charge is 2.04. The minimum Gasteiger partial charge on any atom is -0.311 e. The molecule has 0 spiro atoms. The SMILES string of the molecule is CC(CNCc1ccc(F)c(Br)c1)N(C)C. The molecule has 16 heavy (non-hydrogen) atoms. The van der Waals surface area contributed by atoms with Gasteiger partial charge in [0, 0.05) is 19.1 Å². The fourth-order valence-corrected chi connectivity index (χ4v) is 1.68. The van der Waals surface area contributed by atoms with Gasteiger partial charge in [-0.2, -0.15) is 0 Å². The summed E-state index contributed by atoms with van der Waals surface area (Å²) in [4.78, 5) is 2.16. The molecule has 0 aromatic heterocycles. The van der Waals surface area contributed by atoms with Crippen LogP contribution in [0.3, 0.4) is 0 Å². The molecule has 0 radical (unpaired) electrons. The lowest BCUT2D eigenvalue weighted by molar-refractivity contribution is 0.302. The lowest BCUT2D eigenvalue weighted by atomic mass is 10.2. The Morgan fingerprint density at radius 2 is 2.12 bits per heavy atom. The molecule has 2 nitrogen and oxygen atoms in total. The molecule has 0 amide bonds. The minimum absolute atomic E-state index is 0.217. The van der Waals surface area contributed by atoms with Crippen LogP contribution < -0.4 is 5.32 Å². The Balaban J connectivity index is 2.40. The molecule has 1 N–H and O–H groups in total. The number of halogens is 2. The zero-order chi connectivity index (χ0) is 12.1. The second-order valence-electron chi connectivity index (χ2n) is 4.19. The molecule has 1 rings (SSSR count). The zero-order valence-electron chi connectivity index (χ0n) is 9.93. The third-order valence-electron chi connectivity index (χ3n) is 2.63. The van der Waals surface area contributed by atoms with E-state index in [1.165, 1.54) is 6.07 Å². The molecular formula is C12H18BrFN2. The first-order valence-corrected chi connectivity index (χ1v) is 6.11. The number of hydrogen-bond acceptors (Lipinski definition) is 2. The molecule has 0 saturated heterocycles. The van der Waals surface area contributed by atoms with Gasteiger partial charge in [0.2, 0.25) is 0 Å². The molecule has 0 aliphatic heterocycles. The Kier molecular flexibility index (Phi) is 5.38. The molecule has 0 heterocycles. The first-order valence-electron chi connectivity index (χ1n) is 5.31. The van der Waals surface area contributed by atoms with Crippen molar-refractivity contribution in [1.82, 2.24) is 10.2 Å². The smallest absolute Gasteiger partial charge is 0.137 e. The fourth-order valence-electron chi connectivity index (χ4n) is 1.26. The summed E-state index contributed by atoms with van der Waals surface area (Å²) >= 11 is 3.18. The third kappa shape index (κ3) is 4.20. The molecule has 0 aliphatic rings. The molecule has 1 aromatic rings. The number of hydrogen-bond donors (Lipinski definition) is 1. The van der Waals surface area contributed by atoms with Gasteiger partial charge in [0.05, 0.1) is 4.47 Å². The van der Waals surface area contributed by atoms with Crippen LogP contribution in [0.1, 0.15) is 12.5 Å². The summed E-state index contributed by atoms with van der Waals surface area (Å²) in [6.45, 7) is 3.84. The van der Waals surface area contributed by atoms with Crippen molar-refractivity contribution in [1.29, 1.82) is 0 Å². The topological polar surface area (TPSA) is 15.3 Å². The van der Waals surface area contributed by atoms with Gasteiger partial charge in [-0.05, 0) is 54.6 Å². The average Bonchev–Trinajstić information content (AvgIpc) is 2.23. The van der Waals surface area contributed by atoms with Crippen molar-refractivity contribution in [3.05, 3.63) is 34.1 Å². The van der Waals surface area contributed by atoms with Gasteiger partial charge < -0.3 is 10.2 Å². The van der Waals surface area contributed by atoms with Crippen molar-refractivity contribution in [3.63, 3.8) is 0 Å². The molecule has 4 heteroatoms. The van der Waals surface area contributed by atoms with E-state index >= 15 is 0 Å². The van der Waals surface area contributed by atoms with Gasteiger partial charge in [0.15, 0.2) is 0 Å². The van der Waals surface area contributed by atoms with Gasteiger partial charge in [-0.3, -0.25) is 0 Å². The fraction of sp³-hybridized carbons (Fsp3) is 0.500. The first kappa shape index (κ1) is 13.6. The molecule has 1 aromatic carbocycles. The van der Waals surface area contributed by atoms with E-state index in [9.17, 15) is 4.39 Å². The van der Waals surface area contributed by atoms with Crippen molar-refractivity contribution >= 4 is 15.9 Å². The lowest BCUT2D eigenvalue weighted by Gasteiger charge is -2.20. The summed E-state index contributed by atoms with van der Waals surface area (Å²) in [5.74, 6) is -0.217. The predicted octanol–water partition coefficient (Wildman–Crippen LogP) is 2.63. The maximum atomic E-state index is 13.0. The van der Waals surface area contributed by atoms with E-state index in [0.29, 0.717) is 10.5 Å². The molecule has 1 unspecified atom stereocenters. The molecule has 0 bridgehead atoms. The highest BCUT2D eigenvalue weighted by atomic mass is 79.9. The van der Waals surface area contributed by atoms with Crippen LogP contribution >= 0.6 is 15.9 Å². The second-order valence-corrected chi connectivity index (χ2v) is 5.05. The summed E-state index contributed by atoms with van der Waals surface area (Å²) in [6.07, 6.45) is 0. The van der Waals surface area contributed by atoms with E-state index in [4.69, 9.17) is 0 Å². The standard InChI is InChI=1S/C12H18BrFN2/c1-9(16(2)3)7-15-8-10-4-5-12(14)11(13)6-10/h4-6,9,15H,7-8H2,1-3H3. The van der Waals surface area contributed by atoms with Gasteiger partial charge in [-0.25, -0.2) is 4.39 Å². The maximum Gasteiger partial charge on any atom is 0.137 e. The van der Waals surface area contributed by atoms with Crippen LogP contribution in [-0.2, 0) is 6.54 Å². The van der Waals surface area contributed by atoms with Gasteiger partial charge in [-0.15, -0.1) is 0 Å². The summed E-state index contributed by atoms with van der Waals surface area (Å²) < 4.78 is 13.5. The lowest BCUT2D eigenvalue weighted by Crippen LogP contribution is -2.35. The molecular weight excluding hydrogens is 271 g/mol. The van der Waals surface area contributed by atoms with Crippen LogP contribution in [0, 0.1) is 5.82 Å². The average molecular weight is 289 g/mol. The van der Waals surface area contributed by atoms with Crippen LogP contribution in [0.5, 0.6) is 0 Å². The van der Waals surface area contributed by atoms with E-state index < -0.39 is 0 Å². The number of rotatable bonds is 5. The Labute approximate surface area is 105 Å². The van der Waals surface area contributed by atoms with E-state index in [1.807, 2.05) is 6.07 Å². The minimum atomic E-state index is -0.217. The monoisotopic (exact) mass is 288 g/mol. The number of nitrogens with one attached hydrogen (secondary N) is 1.